The molecule has 0 radical (unpaired) electrons. The Labute approximate surface area is 145 Å². The van der Waals surface area contributed by atoms with Crippen LogP contribution in [-0.2, 0) is 20.4 Å². The van der Waals surface area contributed by atoms with Crippen molar-refractivity contribution in [1.82, 2.24) is 9.55 Å². The van der Waals surface area contributed by atoms with Crippen molar-refractivity contribution in [2.75, 3.05) is 5.32 Å². The first-order chi connectivity index (χ1) is 11.2. The van der Waals surface area contributed by atoms with Crippen molar-refractivity contribution in [2.24, 2.45) is 0 Å². The van der Waals surface area contributed by atoms with Gasteiger partial charge >= 0.3 is 6.55 Å². The second-order valence-electron chi connectivity index (χ2n) is 4.98. The summed E-state index contributed by atoms with van der Waals surface area (Å²) in [7, 11) is -4.01. The molecule has 0 aliphatic carbocycles. The van der Waals surface area contributed by atoms with E-state index in [-0.39, 0.29) is 5.82 Å². The molecule has 0 aliphatic heterocycles. The number of carbonyl (C=O) groups is 1. The molecule has 1 atom stereocenters. The SMILES string of the molecule is CC(C(=O)Nc1cccc(Br)c1)S(=O)(=O)Cc1nccn1C(F)F. The molecule has 1 heterocycles. The number of nitrogens with zero attached hydrogens (tertiary/aromatic N) is 2. The van der Waals surface area contributed by atoms with E-state index in [2.05, 4.69) is 26.2 Å². The summed E-state index contributed by atoms with van der Waals surface area (Å²) in [6.45, 7) is -1.69. The van der Waals surface area contributed by atoms with Crippen LogP contribution in [0.1, 0.15) is 19.3 Å². The van der Waals surface area contributed by atoms with Gasteiger partial charge in [-0.2, -0.15) is 8.78 Å². The zero-order valence-corrected chi connectivity index (χ0v) is 14.9. The molecule has 0 spiro atoms. The van der Waals surface area contributed by atoms with Gasteiger partial charge in [0.2, 0.25) is 5.91 Å². The number of alkyl halides is 2. The van der Waals surface area contributed by atoms with E-state index in [4.69, 9.17) is 0 Å². The van der Waals surface area contributed by atoms with Crippen LogP contribution in [0, 0.1) is 0 Å². The highest BCUT2D eigenvalue weighted by atomic mass is 79.9. The van der Waals surface area contributed by atoms with Gasteiger partial charge in [0.05, 0.1) is 0 Å². The number of carbonyl (C=O) groups excluding carboxylic acids is 1. The quantitative estimate of drug-likeness (QED) is 0.776. The van der Waals surface area contributed by atoms with Crippen molar-refractivity contribution in [2.45, 2.75) is 24.5 Å². The Morgan fingerprint density at radius 1 is 1.42 bits per heavy atom. The lowest BCUT2D eigenvalue weighted by Gasteiger charge is -2.14. The average molecular weight is 422 g/mol. The molecular weight excluding hydrogens is 408 g/mol. The van der Waals surface area contributed by atoms with Gasteiger partial charge in [0, 0.05) is 22.6 Å². The molecule has 2 aromatic rings. The molecule has 1 N–H and O–H groups in total. The summed E-state index contributed by atoms with van der Waals surface area (Å²) in [6, 6.07) is 6.64. The largest absolute Gasteiger partial charge is 0.325 e. The van der Waals surface area contributed by atoms with Crippen LogP contribution in [0.4, 0.5) is 14.5 Å². The van der Waals surface area contributed by atoms with Gasteiger partial charge in [-0.3, -0.25) is 9.36 Å². The number of aromatic nitrogens is 2. The van der Waals surface area contributed by atoms with Crippen LogP contribution in [0.2, 0.25) is 0 Å². The second kappa shape index (κ2) is 7.39. The molecule has 0 bridgehead atoms. The fourth-order valence-corrected chi connectivity index (χ4v) is 3.53. The molecule has 10 heteroatoms. The number of imidazole rings is 1. The molecule has 0 aliphatic rings. The Kier molecular flexibility index (Phi) is 5.70. The van der Waals surface area contributed by atoms with Crippen molar-refractivity contribution in [3.8, 4) is 0 Å². The zero-order valence-electron chi connectivity index (χ0n) is 12.5. The maximum Gasteiger partial charge on any atom is 0.319 e. The molecule has 6 nitrogen and oxygen atoms in total. The number of nitrogens with one attached hydrogen (secondary N) is 1. The smallest absolute Gasteiger partial charge is 0.319 e. The van der Waals surface area contributed by atoms with Crippen molar-refractivity contribution in [3.05, 3.63) is 47.0 Å². The third kappa shape index (κ3) is 4.38. The highest BCUT2D eigenvalue weighted by Crippen LogP contribution is 2.19. The lowest BCUT2D eigenvalue weighted by molar-refractivity contribution is -0.115. The highest BCUT2D eigenvalue weighted by molar-refractivity contribution is 9.10. The molecule has 1 aromatic carbocycles. The average Bonchev–Trinajstić information content (AvgIpc) is 2.94. The molecular formula is C14H14BrF2N3O3S. The van der Waals surface area contributed by atoms with Crippen LogP contribution in [0.5, 0.6) is 0 Å². The number of hydrogen-bond acceptors (Lipinski definition) is 4. The number of hydrogen-bond donors (Lipinski definition) is 1. The molecule has 2 rings (SSSR count). The fraction of sp³-hybridized carbons (Fsp3) is 0.286. The van der Waals surface area contributed by atoms with Gasteiger partial charge in [0.15, 0.2) is 9.84 Å². The summed E-state index contributed by atoms with van der Waals surface area (Å²) in [5.74, 6) is -1.81. The van der Waals surface area contributed by atoms with E-state index < -0.39 is 33.3 Å². The number of sulfone groups is 1. The fourth-order valence-electron chi connectivity index (χ4n) is 1.91. The molecule has 0 saturated heterocycles. The zero-order chi connectivity index (χ0) is 17.9. The van der Waals surface area contributed by atoms with Crippen LogP contribution in [0.3, 0.4) is 0 Å². The van der Waals surface area contributed by atoms with E-state index >= 15 is 0 Å². The van der Waals surface area contributed by atoms with E-state index in [1.807, 2.05) is 0 Å². The van der Waals surface area contributed by atoms with Crippen LogP contribution in [0.15, 0.2) is 41.1 Å². The number of amides is 1. The summed E-state index contributed by atoms with van der Waals surface area (Å²) < 4.78 is 51.3. The van der Waals surface area contributed by atoms with Crippen molar-refractivity contribution in [1.29, 1.82) is 0 Å². The Bertz CT molecular complexity index is 839. The van der Waals surface area contributed by atoms with Crippen molar-refractivity contribution >= 4 is 37.4 Å². The molecule has 0 saturated carbocycles. The normalized spacial score (nSPS) is 13.0. The van der Waals surface area contributed by atoms with Crippen LogP contribution >= 0.6 is 15.9 Å². The van der Waals surface area contributed by atoms with Crippen LogP contribution < -0.4 is 5.32 Å². The monoisotopic (exact) mass is 421 g/mol. The maximum atomic E-state index is 12.8. The number of halogens is 3. The van der Waals surface area contributed by atoms with Crippen LogP contribution in [0.25, 0.3) is 0 Å². The van der Waals surface area contributed by atoms with Crippen LogP contribution in [-0.4, -0.2) is 29.1 Å². The summed E-state index contributed by atoms with van der Waals surface area (Å²) in [5, 5.41) is 1.06. The van der Waals surface area contributed by atoms with Gasteiger partial charge in [-0.05, 0) is 25.1 Å². The Morgan fingerprint density at radius 2 is 2.12 bits per heavy atom. The van der Waals surface area contributed by atoms with Gasteiger partial charge in [-0.25, -0.2) is 13.4 Å². The standard InChI is InChI=1S/C14H14BrF2N3O3S/c1-9(13(21)19-11-4-2-3-10(15)7-11)24(22,23)8-12-18-5-6-20(12)14(16)17/h2-7,9,14H,8H2,1H3,(H,19,21). The molecule has 1 amide bonds. The molecule has 1 unspecified atom stereocenters. The van der Waals surface area contributed by atoms with E-state index in [0.717, 1.165) is 16.9 Å². The highest BCUT2D eigenvalue weighted by Gasteiger charge is 2.30. The summed E-state index contributed by atoms with van der Waals surface area (Å²) in [4.78, 5) is 15.8. The topological polar surface area (TPSA) is 81.1 Å². The Hall–Kier alpha value is -1.81. The van der Waals surface area contributed by atoms with E-state index in [0.29, 0.717) is 10.3 Å². The second-order valence-corrected chi connectivity index (χ2v) is 8.21. The summed E-state index contributed by atoms with van der Waals surface area (Å²) in [6.07, 6.45) is 2.07. The van der Waals surface area contributed by atoms with Gasteiger partial charge in [-0.15, -0.1) is 0 Å². The number of anilines is 1. The number of benzene rings is 1. The predicted molar refractivity (Wildman–Crippen MR) is 88.3 cm³/mol. The minimum Gasteiger partial charge on any atom is -0.325 e. The molecule has 0 fully saturated rings. The number of rotatable bonds is 6. The van der Waals surface area contributed by atoms with Crippen molar-refractivity contribution < 1.29 is 22.0 Å². The van der Waals surface area contributed by atoms with Gasteiger partial charge in [0.1, 0.15) is 16.8 Å². The first-order valence-electron chi connectivity index (χ1n) is 6.78. The van der Waals surface area contributed by atoms with Crippen molar-refractivity contribution in [3.63, 3.8) is 0 Å². The third-order valence-corrected chi connectivity index (χ3v) is 5.73. The van der Waals surface area contributed by atoms with Gasteiger partial charge < -0.3 is 5.32 Å². The Balaban J connectivity index is 2.13. The molecule has 1 aromatic heterocycles. The first-order valence-corrected chi connectivity index (χ1v) is 9.29. The van der Waals surface area contributed by atoms with E-state index in [1.165, 1.54) is 6.92 Å². The molecule has 130 valence electrons. The van der Waals surface area contributed by atoms with E-state index in [9.17, 15) is 22.0 Å². The van der Waals surface area contributed by atoms with Gasteiger partial charge in [-0.1, -0.05) is 22.0 Å². The Morgan fingerprint density at radius 3 is 2.75 bits per heavy atom. The summed E-state index contributed by atoms with van der Waals surface area (Å²) in [5.41, 5.74) is 0.422. The lowest BCUT2D eigenvalue weighted by Crippen LogP contribution is -2.34. The van der Waals surface area contributed by atoms with Gasteiger partial charge in [0.25, 0.3) is 0 Å². The lowest BCUT2D eigenvalue weighted by atomic mass is 10.3. The first kappa shape index (κ1) is 18.5. The minimum absolute atomic E-state index is 0.313. The summed E-state index contributed by atoms with van der Waals surface area (Å²) >= 11 is 3.24. The van der Waals surface area contributed by atoms with E-state index in [1.54, 1.807) is 24.3 Å². The predicted octanol–water partition coefficient (Wildman–Crippen LogP) is 2.98. The minimum atomic E-state index is -4.01. The molecule has 24 heavy (non-hydrogen) atoms. The third-order valence-electron chi connectivity index (χ3n) is 3.29. The maximum absolute atomic E-state index is 12.8.